The van der Waals surface area contributed by atoms with E-state index in [1.165, 1.54) is 11.3 Å². The summed E-state index contributed by atoms with van der Waals surface area (Å²) in [6.07, 6.45) is 6.69. The molecule has 0 spiro atoms. The predicted molar refractivity (Wildman–Crippen MR) is 144 cm³/mol. The lowest BCUT2D eigenvalue weighted by Gasteiger charge is -2.34. The fraction of sp³-hybridized carbons (Fsp3) is 0.481. The number of benzene rings is 2. The maximum atomic E-state index is 13.8. The molecule has 1 saturated carbocycles. The molecule has 196 valence electrons. The number of halogens is 1. The first-order valence-corrected chi connectivity index (χ1v) is 14.7. The first kappa shape index (κ1) is 28.0. The zero-order valence-corrected chi connectivity index (χ0v) is 22.8. The first-order chi connectivity index (χ1) is 17.1. The van der Waals surface area contributed by atoms with Gasteiger partial charge >= 0.3 is 0 Å². The van der Waals surface area contributed by atoms with Gasteiger partial charge in [0.15, 0.2) is 0 Å². The van der Waals surface area contributed by atoms with E-state index in [0.717, 1.165) is 47.4 Å². The van der Waals surface area contributed by atoms with E-state index >= 15 is 0 Å². The van der Waals surface area contributed by atoms with Crippen molar-refractivity contribution in [1.29, 1.82) is 0 Å². The molecule has 0 heterocycles. The fourth-order valence-electron chi connectivity index (χ4n) is 4.66. The molecule has 0 radical (unpaired) electrons. The summed E-state index contributed by atoms with van der Waals surface area (Å²) in [4.78, 5) is 28.7. The highest BCUT2D eigenvalue weighted by molar-refractivity contribution is 7.92. The first-order valence-electron chi connectivity index (χ1n) is 12.5. The minimum absolute atomic E-state index is 0.109. The molecule has 2 aromatic rings. The predicted octanol–water partition coefficient (Wildman–Crippen LogP) is 4.67. The Morgan fingerprint density at radius 1 is 1.06 bits per heavy atom. The molecular weight excluding hydrogens is 498 g/mol. The van der Waals surface area contributed by atoms with Crippen LogP contribution < -0.4 is 9.62 Å². The topological polar surface area (TPSA) is 86.8 Å². The summed E-state index contributed by atoms with van der Waals surface area (Å²) in [6.45, 7) is 3.62. The number of nitrogens with zero attached hydrogens (tertiary/aromatic N) is 2. The van der Waals surface area contributed by atoms with Crippen LogP contribution in [0.1, 0.15) is 56.6 Å². The summed E-state index contributed by atoms with van der Waals surface area (Å²) >= 11 is 5.98. The van der Waals surface area contributed by atoms with Crippen molar-refractivity contribution in [1.82, 2.24) is 10.2 Å². The van der Waals surface area contributed by atoms with E-state index in [9.17, 15) is 18.0 Å². The summed E-state index contributed by atoms with van der Waals surface area (Å²) in [6, 6.07) is 13.4. The Labute approximate surface area is 219 Å². The largest absolute Gasteiger partial charge is 0.352 e. The lowest BCUT2D eigenvalue weighted by molar-refractivity contribution is -0.140. The molecule has 1 aliphatic carbocycles. The van der Waals surface area contributed by atoms with E-state index in [4.69, 9.17) is 11.6 Å². The number of rotatable bonds is 10. The average Bonchev–Trinajstić information content (AvgIpc) is 2.84. The molecule has 1 fully saturated rings. The Morgan fingerprint density at radius 3 is 2.28 bits per heavy atom. The highest BCUT2D eigenvalue weighted by Crippen LogP contribution is 2.23. The summed E-state index contributed by atoms with van der Waals surface area (Å²) in [7, 11) is -3.77. The Balaban J connectivity index is 1.91. The van der Waals surface area contributed by atoms with Crippen LogP contribution in [-0.2, 0) is 26.2 Å². The third-order valence-electron chi connectivity index (χ3n) is 6.73. The maximum absolute atomic E-state index is 13.8. The number of sulfonamides is 1. The molecule has 36 heavy (non-hydrogen) atoms. The van der Waals surface area contributed by atoms with Crippen LogP contribution in [0.4, 0.5) is 5.69 Å². The van der Waals surface area contributed by atoms with Gasteiger partial charge in [0, 0.05) is 17.6 Å². The Morgan fingerprint density at radius 2 is 1.69 bits per heavy atom. The van der Waals surface area contributed by atoms with Gasteiger partial charge in [-0.25, -0.2) is 8.42 Å². The molecule has 1 unspecified atom stereocenters. The quantitative estimate of drug-likeness (QED) is 0.481. The number of hydrogen-bond donors (Lipinski definition) is 1. The van der Waals surface area contributed by atoms with Gasteiger partial charge in [0.1, 0.15) is 12.6 Å². The number of nitrogens with one attached hydrogen (secondary N) is 1. The van der Waals surface area contributed by atoms with Crippen molar-refractivity contribution in [2.75, 3.05) is 17.1 Å². The van der Waals surface area contributed by atoms with Crippen LogP contribution in [-0.4, -0.2) is 50.0 Å². The Hall–Kier alpha value is -2.58. The highest BCUT2D eigenvalue weighted by Gasteiger charge is 2.33. The monoisotopic (exact) mass is 533 g/mol. The normalized spacial score (nSPS) is 15.2. The zero-order valence-electron chi connectivity index (χ0n) is 21.2. The van der Waals surface area contributed by atoms with Crippen molar-refractivity contribution >= 4 is 39.1 Å². The van der Waals surface area contributed by atoms with Crippen LogP contribution in [0.2, 0.25) is 5.02 Å². The summed E-state index contributed by atoms with van der Waals surface area (Å²) in [5.74, 6) is -0.631. The minimum atomic E-state index is -3.77. The van der Waals surface area contributed by atoms with Crippen LogP contribution in [0.25, 0.3) is 0 Å². The summed E-state index contributed by atoms with van der Waals surface area (Å²) in [5, 5.41) is 3.61. The van der Waals surface area contributed by atoms with Crippen molar-refractivity contribution < 1.29 is 18.0 Å². The standard InChI is InChI=1S/C27H36ClN3O4S/c1-4-25(27(33)29-23-12-6-5-7-13-23)30(18-21-11-9-8-10-20(21)2)26(32)19-31(36(3,34)35)24-16-14-22(28)15-17-24/h8-11,14-17,23,25H,4-7,12-13,18-19H2,1-3H3,(H,29,33). The van der Waals surface area contributed by atoms with Crippen molar-refractivity contribution in [2.45, 2.75) is 71.0 Å². The number of anilines is 1. The van der Waals surface area contributed by atoms with Crippen LogP contribution in [0.3, 0.4) is 0 Å². The van der Waals surface area contributed by atoms with Gasteiger partial charge in [0.25, 0.3) is 0 Å². The van der Waals surface area contributed by atoms with E-state index in [1.807, 2.05) is 38.1 Å². The molecule has 9 heteroatoms. The molecule has 0 bridgehead atoms. The van der Waals surface area contributed by atoms with Gasteiger partial charge in [0.2, 0.25) is 21.8 Å². The van der Waals surface area contributed by atoms with E-state index in [0.29, 0.717) is 17.1 Å². The van der Waals surface area contributed by atoms with Gasteiger partial charge in [-0.3, -0.25) is 13.9 Å². The highest BCUT2D eigenvalue weighted by atomic mass is 35.5. The van der Waals surface area contributed by atoms with E-state index in [2.05, 4.69) is 5.32 Å². The molecule has 2 aromatic carbocycles. The second-order valence-corrected chi connectivity index (χ2v) is 11.8. The van der Waals surface area contributed by atoms with Crippen molar-refractivity contribution in [2.24, 2.45) is 0 Å². The second kappa shape index (κ2) is 12.6. The number of hydrogen-bond acceptors (Lipinski definition) is 4. The molecule has 3 rings (SSSR count). The van der Waals surface area contributed by atoms with Gasteiger partial charge in [-0.1, -0.05) is 62.1 Å². The minimum Gasteiger partial charge on any atom is -0.352 e. The van der Waals surface area contributed by atoms with E-state index in [-0.39, 0.29) is 18.5 Å². The molecule has 1 aliphatic rings. The maximum Gasteiger partial charge on any atom is 0.244 e. The number of carbonyl (C=O) groups is 2. The molecule has 2 amide bonds. The average molecular weight is 534 g/mol. The molecule has 0 aromatic heterocycles. The number of carbonyl (C=O) groups excluding carboxylic acids is 2. The summed E-state index contributed by atoms with van der Waals surface area (Å²) < 4.78 is 26.4. The Kier molecular flexibility index (Phi) is 9.79. The van der Waals surface area contributed by atoms with Crippen LogP contribution in [0.15, 0.2) is 48.5 Å². The lowest BCUT2D eigenvalue weighted by Crippen LogP contribution is -2.54. The van der Waals surface area contributed by atoms with Crippen LogP contribution in [0, 0.1) is 6.92 Å². The number of aryl methyl sites for hydroxylation is 1. The SMILES string of the molecule is CCC(C(=O)NC1CCCCC1)N(Cc1ccccc1C)C(=O)CN(c1ccc(Cl)cc1)S(C)(=O)=O. The third-order valence-corrected chi connectivity index (χ3v) is 8.13. The van der Waals surface area contributed by atoms with Gasteiger partial charge in [-0.15, -0.1) is 0 Å². The third kappa shape index (κ3) is 7.46. The Bertz CT molecular complexity index is 1150. The van der Waals surface area contributed by atoms with Crippen molar-refractivity contribution in [3.63, 3.8) is 0 Å². The van der Waals surface area contributed by atoms with Gasteiger partial charge in [-0.05, 0) is 61.6 Å². The van der Waals surface area contributed by atoms with E-state index in [1.54, 1.807) is 24.3 Å². The number of amides is 2. The van der Waals surface area contributed by atoms with Gasteiger partial charge < -0.3 is 10.2 Å². The molecular formula is C27H36ClN3O4S. The molecule has 0 saturated heterocycles. The molecule has 0 aliphatic heterocycles. The molecule has 7 nitrogen and oxygen atoms in total. The molecule has 1 atom stereocenters. The van der Waals surface area contributed by atoms with Gasteiger partial charge in [-0.2, -0.15) is 0 Å². The van der Waals surface area contributed by atoms with Crippen LogP contribution in [0.5, 0.6) is 0 Å². The zero-order chi connectivity index (χ0) is 26.3. The fourth-order valence-corrected chi connectivity index (χ4v) is 5.63. The van der Waals surface area contributed by atoms with Crippen molar-refractivity contribution in [3.8, 4) is 0 Å². The lowest BCUT2D eigenvalue weighted by atomic mass is 9.95. The smallest absolute Gasteiger partial charge is 0.244 e. The van der Waals surface area contributed by atoms with E-state index < -0.39 is 28.5 Å². The van der Waals surface area contributed by atoms with Crippen LogP contribution >= 0.6 is 11.6 Å². The molecule has 1 N–H and O–H groups in total. The summed E-state index contributed by atoms with van der Waals surface area (Å²) in [5.41, 5.74) is 2.24. The van der Waals surface area contributed by atoms with Crippen molar-refractivity contribution in [3.05, 3.63) is 64.7 Å². The second-order valence-electron chi connectivity index (χ2n) is 9.46. The van der Waals surface area contributed by atoms with Gasteiger partial charge in [0.05, 0.1) is 11.9 Å².